The minimum atomic E-state index is -0.880. The van der Waals surface area contributed by atoms with Crippen LogP contribution in [0.25, 0.3) is 0 Å². The van der Waals surface area contributed by atoms with Crippen molar-refractivity contribution in [1.29, 1.82) is 0 Å². The first-order valence-electron chi connectivity index (χ1n) is 12.6. The van der Waals surface area contributed by atoms with E-state index in [1.165, 1.54) is 11.3 Å². The molecule has 2 aliphatic rings. The molecule has 192 valence electrons. The zero-order chi connectivity index (χ0) is 24.5. The number of aromatic carboxylic acids is 1. The lowest BCUT2D eigenvalue weighted by Crippen LogP contribution is -2.30. The van der Waals surface area contributed by atoms with Gasteiger partial charge in [-0.25, -0.2) is 4.79 Å². The Morgan fingerprint density at radius 2 is 2.12 bits per heavy atom. The molecule has 34 heavy (non-hydrogen) atoms. The molecular weight excluding hydrogens is 476 g/mol. The zero-order valence-corrected chi connectivity index (χ0v) is 21.6. The highest BCUT2D eigenvalue weighted by Crippen LogP contribution is 2.42. The number of alkyl halides is 1. The van der Waals surface area contributed by atoms with Crippen molar-refractivity contribution in [3.63, 3.8) is 0 Å². The number of carboxylic acid groups (broad SMARTS) is 1. The molecule has 1 aromatic heterocycles. The highest BCUT2D eigenvalue weighted by atomic mass is 35.5. The highest BCUT2D eigenvalue weighted by Gasteiger charge is 2.42. The number of thiophene rings is 1. The van der Waals surface area contributed by atoms with Crippen LogP contribution in [0, 0.1) is 11.8 Å². The second-order valence-electron chi connectivity index (χ2n) is 9.66. The van der Waals surface area contributed by atoms with Gasteiger partial charge in [0.1, 0.15) is 4.88 Å². The Morgan fingerprint density at radius 3 is 2.79 bits per heavy atom. The van der Waals surface area contributed by atoms with Crippen molar-refractivity contribution in [2.75, 3.05) is 6.61 Å². The highest BCUT2D eigenvalue weighted by molar-refractivity contribution is 7.13. The van der Waals surface area contributed by atoms with Crippen LogP contribution in [0.2, 0.25) is 0 Å². The molecule has 3 rings (SSSR count). The molecule has 0 spiro atoms. The summed E-state index contributed by atoms with van der Waals surface area (Å²) in [7, 11) is 0. The number of ether oxygens (including phenoxy) is 2. The molecule has 0 amide bonds. The third-order valence-corrected chi connectivity index (χ3v) is 8.46. The molecular formula is C26H39ClO6S. The summed E-state index contributed by atoms with van der Waals surface area (Å²) in [5, 5.41) is 29.0. The third-order valence-electron chi connectivity index (χ3n) is 6.82. The summed E-state index contributed by atoms with van der Waals surface area (Å²) in [5.41, 5.74) is 0. The topological polar surface area (TPSA) is 96.2 Å². The number of halogens is 1. The summed E-state index contributed by atoms with van der Waals surface area (Å²) >= 11 is 8.16. The van der Waals surface area contributed by atoms with Gasteiger partial charge in [0.15, 0.2) is 6.29 Å². The van der Waals surface area contributed by atoms with Crippen molar-refractivity contribution in [1.82, 2.24) is 0 Å². The number of rotatable bonds is 13. The summed E-state index contributed by atoms with van der Waals surface area (Å²) < 4.78 is 12.2. The lowest BCUT2D eigenvalue weighted by Gasteiger charge is -2.29. The molecule has 3 N–H and O–H groups in total. The Morgan fingerprint density at radius 1 is 1.29 bits per heavy atom. The van der Waals surface area contributed by atoms with Crippen molar-refractivity contribution >= 4 is 28.9 Å². The number of hydrogen-bond donors (Lipinski definition) is 3. The van der Waals surface area contributed by atoms with Crippen LogP contribution in [-0.2, 0) is 15.9 Å². The normalized spacial score (nSPS) is 29.5. The van der Waals surface area contributed by atoms with Gasteiger partial charge < -0.3 is 24.8 Å². The fraction of sp³-hybridized carbons (Fsp3) is 0.731. The molecule has 2 heterocycles. The van der Waals surface area contributed by atoms with E-state index in [9.17, 15) is 15.0 Å². The van der Waals surface area contributed by atoms with Crippen molar-refractivity contribution in [3.05, 3.63) is 34.0 Å². The summed E-state index contributed by atoms with van der Waals surface area (Å²) in [4.78, 5) is 12.6. The molecule has 0 bridgehead atoms. The molecule has 1 saturated heterocycles. The molecule has 2 fully saturated rings. The maximum absolute atomic E-state index is 11.1. The average Bonchev–Trinajstić information content (AvgIpc) is 3.38. The summed E-state index contributed by atoms with van der Waals surface area (Å²) in [5.74, 6) is -0.567. The van der Waals surface area contributed by atoms with Gasteiger partial charge in [0.05, 0.1) is 18.3 Å². The Kier molecular flexibility index (Phi) is 11.3. The Bertz CT molecular complexity index is 775. The van der Waals surface area contributed by atoms with Crippen LogP contribution < -0.4 is 0 Å². The first-order chi connectivity index (χ1) is 16.3. The lowest BCUT2D eigenvalue weighted by molar-refractivity contribution is -0.192. The molecule has 1 aliphatic heterocycles. The maximum atomic E-state index is 11.1. The smallest absolute Gasteiger partial charge is 0.345 e. The van der Waals surface area contributed by atoms with E-state index in [-0.39, 0.29) is 35.7 Å². The standard InChI is InChI=1S/C26H39ClO6S/c1-17(28)6-4-7-18(29)11-13-21-20(9-5-8-19-12-14-24(34-19)26(30)31)22(27)16-23(21)33-25-10-2-3-15-32-25/h11-14,17-18,20-23,25,28-29H,2-10,15-16H2,1H3,(H,30,31)/t17-,18+,20-,21-,22-,23-,25?/m1/s1. The molecule has 1 aliphatic carbocycles. The van der Waals surface area contributed by atoms with E-state index in [2.05, 4.69) is 6.08 Å². The fourth-order valence-corrected chi connectivity index (χ4v) is 6.34. The molecule has 1 aromatic rings. The molecule has 1 saturated carbocycles. The summed E-state index contributed by atoms with van der Waals surface area (Å²) in [6, 6.07) is 3.56. The van der Waals surface area contributed by atoms with Gasteiger partial charge in [-0.3, -0.25) is 0 Å². The van der Waals surface area contributed by atoms with E-state index in [0.717, 1.165) is 62.9 Å². The Balaban J connectivity index is 1.60. The van der Waals surface area contributed by atoms with Crippen LogP contribution in [0.4, 0.5) is 0 Å². The van der Waals surface area contributed by atoms with E-state index in [4.69, 9.17) is 26.2 Å². The number of hydrogen-bond acceptors (Lipinski definition) is 6. The minimum Gasteiger partial charge on any atom is -0.477 e. The van der Waals surface area contributed by atoms with Crippen molar-refractivity contribution in [2.24, 2.45) is 11.8 Å². The number of carbonyl (C=O) groups is 1. The quantitative estimate of drug-likeness (QED) is 0.241. The molecule has 0 radical (unpaired) electrons. The predicted octanol–water partition coefficient (Wildman–Crippen LogP) is 5.39. The maximum Gasteiger partial charge on any atom is 0.345 e. The van der Waals surface area contributed by atoms with Gasteiger partial charge in [0.25, 0.3) is 0 Å². The Labute approximate surface area is 211 Å². The van der Waals surface area contributed by atoms with Crippen molar-refractivity contribution in [2.45, 2.75) is 101 Å². The molecule has 1 unspecified atom stereocenters. The van der Waals surface area contributed by atoms with Gasteiger partial charge in [-0.05, 0) is 89.2 Å². The van der Waals surface area contributed by atoms with E-state index in [1.54, 1.807) is 13.0 Å². The summed E-state index contributed by atoms with van der Waals surface area (Å²) in [6.45, 7) is 2.49. The Hall–Kier alpha value is -0.960. The minimum absolute atomic E-state index is 0.0199. The van der Waals surface area contributed by atoms with E-state index >= 15 is 0 Å². The average molecular weight is 515 g/mol. The SMILES string of the molecule is C[C@@H](O)CCC[C@H](O)C=C[C@@H]1[C@@H](CCCc2ccc(C(=O)O)s2)[C@H](Cl)C[C@H]1OC1CCCCO1. The van der Waals surface area contributed by atoms with Crippen LogP contribution in [0.15, 0.2) is 24.3 Å². The molecule has 8 heteroatoms. The van der Waals surface area contributed by atoms with Crippen molar-refractivity contribution in [3.8, 4) is 0 Å². The fourth-order valence-electron chi connectivity index (χ4n) is 4.98. The van der Waals surface area contributed by atoms with Gasteiger partial charge in [0, 0.05) is 22.8 Å². The lowest BCUT2D eigenvalue weighted by atomic mass is 9.88. The summed E-state index contributed by atoms with van der Waals surface area (Å²) in [6.07, 6.45) is 11.4. The van der Waals surface area contributed by atoms with Gasteiger partial charge in [-0.15, -0.1) is 22.9 Å². The van der Waals surface area contributed by atoms with Crippen LogP contribution >= 0.6 is 22.9 Å². The van der Waals surface area contributed by atoms with E-state index < -0.39 is 12.1 Å². The number of aliphatic hydroxyl groups is 2. The second kappa shape index (κ2) is 14.0. The van der Waals surface area contributed by atoms with E-state index in [0.29, 0.717) is 17.7 Å². The van der Waals surface area contributed by atoms with E-state index in [1.807, 2.05) is 12.1 Å². The molecule has 6 nitrogen and oxygen atoms in total. The zero-order valence-electron chi connectivity index (χ0n) is 20.0. The molecule has 7 atom stereocenters. The van der Waals surface area contributed by atoms with Crippen LogP contribution in [0.3, 0.4) is 0 Å². The van der Waals surface area contributed by atoms with Gasteiger partial charge in [-0.1, -0.05) is 12.2 Å². The number of aliphatic hydroxyl groups excluding tert-OH is 2. The van der Waals surface area contributed by atoms with Gasteiger partial charge >= 0.3 is 5.97 Å². The first kappa shape index (κ1) is 27.6. The van der Waals surface area contributed by atoms with Gasteiger partial charge in [-0.2, -0.15) is 0 Å². The molecule has 0 aromatic carbocycles. The van der Waals surface area contributed by atoms with Crippen LogP contribution in [0.1, 0.15) is 79.3 Å². The predicted molar refractivity (Wildman–Crippen MR) is 135 cm³/mol. The number of aryl methyl sites for hydroxylation is 1. The monoisotopic (exact) mass is 514 g/mol. The van der Waals surface area contributed by atoms with Crippen LogP contribution in [-0.4, -0.2) is 57.9 Å². The largest absolute Gasteiger partial charge is 0.477 e. The third kappa shape index (κ3) is 8.61. The van der Waals surface area contributed by atoms with Gasteiger partial charge in [0.2, 0.25) is 0 Å². The van der Waals surface area contributed by atoms with Crippen LogP contribution in [0.5, 0.6) is 0 Å². The van der Waals surface area contributed by atoms with Crippen molar-refractivity contribution < 1.29 is 29.6 Å². The number of carboxylic acids is 1. The second-order valence-corrected chi connectivity index (χ2v) is 11.4. The first-order valence-corrected chi connectivity index (χ1v) is 13.9.